The summed E-state index contributed by atoms with van der Waals surface area (Å²) in [4.78, 5) is 16.0. The average Bonchev–Trinajstić information content (AvgIpc) is 2.76. The van der Waals surface area contributed by atoms with Crippen LogP contribution >= 0.6 is 11.8 Å². The molecular formula is C13H14N2OS. The fraction of sp³-hybridized carbons (Fsp3) is 0.231. The lowest BCUT2D eigenvalue weighted by Gasteiger charge is -2.02. The first-order chi connectivity index (χ1) is 8.29. The topological polar surface area (TPSA) is 34.9 Å². The fourth-order valence-electron chi connectivity index (χ4n) is 1.54. The van der Waals surface area contributed by atoms with Crippen LogP contribution in [0.25, 0.3) is 0 Å². The van der Waals surface area contributed by atoms with Crippen molar-refractivity contribution in [2.45, 2.75) is 11.3 Å². The van der Waals surface area contributed by atoms with Gasteiger partial charge in [-0.1, -0.05) is 12.1 Å². The Kier molecular flexibility index (Phi) is 3.98. The van der Waals surface area contributed by atoms with Gasteiger partial charge in [0.25, 0.3) is 0 Å². The Labute approximate surface area is 105 Å². The molecule has 17 heavy (non-hydrogen) atoms. The van der Waals surface area contributed by atoms with E-state index in [0.717, 1.165) is 29.8 Å². The summed E-state index contributed by atoms with van der Waals surface area (Å²) in [5.41, 5.74) is 0.721. The molecule has 0 aliphatic heterocycles. The molecule has 0 atom stereocenters. The van der Waals surface area contributed by atoms with Gasteiger partial charge in [-0.25, -0.2) is 4.98 Å². The minimum absolute atomic E-state index is 0.721. The van der Waals surface area contributed by atoms with Gasteiger partial charge < -0.3 is 4.57 Å². The number of carbonyl (C=O) groups excluding carboxylic acids is 1. The quantitative estimate of drug-likeness (QED) is 0.601. The average molecular weight is 246 g/mol. The van der Waals surface area contributed by atoms with Crippen LogP contribution in [0.3, 0.4) is 0 Å². The molecule has 0 aliphatic carbocycles. The van der Waals surface area contributed by atoms with Crippen LogP contribution in [0.15, 0.2) is 41.6 Å². The molecule has 0 radical (unpaired) electrons. The largest absolute Gasteiger partial charge is 0.338 e. The maximum absolute atomic E-state index is 10.5. The number of benzene rings is 1. The number of aromatic nitrogens is 2. The van der Waals surface area contributed by atoms with Crippen LogP contribution in [-0.2, 0) is 13.5 Å². The number of aldehydes is 1. The van der Waals surface area contributed by atoms with Gasteiger partial charge >= 0.3 is 0 Å². The predicted octanol–water partition coefficient (Wildman–Crippen LogP) is 2.57. The Morgan fingerprint density at radius 1 is 1.35 bits per heavy atom. The van der Waals surface area contributed by atoms with E-state index in [1.54, 1.807) is 11.8 Å². The Hall–Kier alpha value is -1.55. The van der Waals surface area contributed by atoms with E-state index in [1.807, 2.05) is 48.3 Å². The molecule has 0 saturated carbocycles. The number of imidazole rings is 1. The van der Waals surface area contributed by atoms with Gasteiger partial charge in [0.1, 0.15) is 12.1 Å². The van der Waals surface area contributed by atoms with Crippen molar-refractivity contribution in [3.63, 3.8) is 0 Å². The minimum Gasteiger partial charge on any atom is -0.338 e. The van der Waals surface area contributed by atoms with Crippen molar-refractivity contribution in [1.29, 1.82) is 0 Å². The number of hydrogen-bond donors (Lipinski definition) is 0. The third kappa shape index (κ3) is 3.20. The molecule has 0 spiro atoms. The van der Waals surface area contributed by atoms with Crippen molar-refractivity contribution in [2.24, 2.45) is 7.05 Å². The summed E-state index contributed by atoms with van der Waals surface area (Å²) in [7, 11) is 2.01. The van der Waals surface area contributed by atoms with E-state index in [0.29, 0.717) is 0 Å². The van der Waals surface area contributed by atoms with E-state index in [2.05, 4.69) is 4.98 Å². The summed E-state index contributed by atoms with van der Waals surface area (Å²) in [6.07, 6.45) is 5.59. The monoisotopic (exact) mass is 246 g/mol. The minimum atomic E-state index is 0.721. The normalized spacial score (nSPS) is 10.4. The number of aryl methyl sites for hydroxylation is 2. The molecule has 1 aromatic carbocycles. The standard InChI is InChI=1S/C13H14N2OS/c1-15-8-7-14-13(15)6-9-17-12-4-2-11(10-16)3-5-12/h2-5,7-8,10H,6,9H2,1H3. The number of carbonyl (C=O) groups is 1. The van der Waals surface area contributed by atoms with Crippen LogP contribution in [0.2, 0.25) is 0 Å². The van der Waals surface area contributed by atoms with E-state index in [-0.39, 0.29) is 0 Å². The molecule has 2 rings (SSSR count). The zero-order chi connectivity index (χ0) is 12.1. The predicted molar refractivity (Wildman–Crippen MR) is 69.5 cm³/mol. The number of rotatable bonds is 5. The first kappa shape index (κ1) is 11.9. The van der Waals surface area contributed by atoms with Crippen molar-refractivity contribution < 1.29 is 4.79 Å². The molecule has 0 bridgehead atoms. The van der Waals surface area contributed by atoms with Crippen molar-refractivity contribution in [3.8, 4) is 0 Å². The van der Waals surface area contributed by atoms with Gasteiger partial charge in [0, 0.05) is 42.1 Å². The smallest absolute Gasteiger partial charge is 0.150 e. The van der Waals surface area contributed by atoms with E-state index >= 15 is 0 Å². The van der Waals surface area contributed by atoms with E-state index in [4.69, 9.17) is 0 Å². The lowest BCUT2D eigenvalue weighted by molar-refractivity contribution is 0.112. The van der Waals surface area contributed by atoms with Gasteiger partial charge in [-0.15, -0.1) is 11.8 Å². The summed E-state index contributed by atoms with van der Waals surface area (Å²) in [5, 5.41) is 0. The molecule has 0 aliphatic rings. The van der Waals surface area contributed by atoms with Gasteiger partial charge in [-0.3, -0.25) is 4.79 Å². The van der Waals surface area contributed by atoms with Gasteiger partial charge in [0.15, 0.2) is 0 Å². The lowest BCUT2D eigenvalue weighted by atomic mass is 10.2. The fourth-order valence-corrected chi connectivity index (χ4v) is 2.39. The molecule has 1 heterocycles. The van der Waals surface area contributed by atoms with E-state index in [9.17, 15) is 4.79 Å². The van der Waals surface area contributed by atoms with Crippen LogP contribution in [0.5, 0.6) is 0 Å². The zero-order valence-corrected chi connectivity index (χ0v) is 10.5. The maximum Gasteiger partial charge on any atom is 0.150 e. The first-order valence-corrected chi connectivity index (χ1v) is 6.42. The van der Waals surface area contributed by atoms with Crippen LogP contribution in [0.1, 0.15) is 16.2 Å². The molecule has 0 N–H and O–H groups in total. The third-order valence-electron chi connectivity index (χ3n) is 2.53. The Morgan fingerprint density at radius 2 is 2.12 bits per heavy atom. The second-order valence-electron chi connectivity index (χ2n) is 3.74. The molecule has 3 nitrogen and oxygen atoms in total. The highest BCUT2D eigenvalue weighted by molar-refractivity contribution is 7.99. The lowest BCUT2D eigenvalue weighted by Crippen LogP contribution is -1.98. The van der Waals surface area contributed by atoms with Crippen LogP contribution in [0.4, 0.5) is 0 Å². The summed E-state index contributed by atoms with van der Waals surface area (Å²) >= 11 is 1.78. The molecular weight excluding hydrogens is 232 g/mol. The molecule has 0 amide bonds. The van der Waals surface area contributed by atoms with Crippen LogP contribution in [0, 0.1) is 0 Å². The molecule has 0 fully saturated rings. The number of nitrogens with zero attached hydrogens (tertiary/aromatic N) is 2. The summed E-state index contributed by atoms with van der Waals surface area (Å²) in [5.74, 6) is 2.09. The molecule has 2 aromatic rings. The van der Waals surface area contributed by atoms with Crippen LogP contribution < -0.4 is 0 Å². The molecule has 1 aromatic heterocycles. The second kappa shape index (κ2) is 5.68. The number of hydrogen-bond acceptors (Lipinski definition) is 3. The first-order valence-electron chi connectivity index (χ1n) is 5.44. The van der Waals surface area contributed by atoms with Crippen LogP contribution in [-0.4, -0.2) is 21.6 Å². The zero-order valence-electron chi connectivity index (χ0n) is 9.67. The Bertz CT molecular complexity index is 490. The highest BCUT2D eigenvalue weighted by atomic mass is 32.2. The molecule has 4 heteroatoms. The maximum atomic E-state index is 10.5. The summed E-state index contributed by atoms with van der Waals surface area (Å²) in [6.45, 7) is 0. The second-order valence-corrected chi connectivity index (χ2v) is 4.91. The van der Waals surface area contributed by atoms with Gasteiger partial charge in [-0.05, 0) is 12.1 Å². The molecule has 88 valence electrons. The Morgan fingerprint density at radius 3 is 2.71 bits per heavy atom. The highest BCUT2D eigenvalue weighted by Gasteiger charge is 2.00. The highest BCUT2D eigenvalue weighted by Crippen LogP contribution is 2.18. The number of thioether (sulfide) groups is 1. The van der Waals surface area contributed by atoms with Gasteiger partial charge in [0.05, 0.1) is 0 Å². The van der Waals surface area contributed by atoms with Crippen molar-refractivity contribution >= 4 is 18.0 Å². The van der Waals surface area contributed by atoms with E-state index < -0.39 is 0 Å². The summed E-state index contributed by atoms with van der Waals surface area (Å²) < 4.78 is 2.04. The SMILES string of the molecule is Cn1ccnc1CCSc1ccc(C=O)cc1. The van der Waals surface area contributed by atoms with Crippen molar-refractivity contribution in [1.82, 2.24) is 9.55 Å². The van der Waals surface area contributed by atoms with Crippen molar-refractivity contribution in [2.75, 3.05) is 5.75 Å². The van der Waals surface area contributed by atoms with Crippen molar-refractivity contribution in [3.05, 3.63) is 48.0 Å². The molecule has 0 unspecified atom stereocenters. The summed E-state index contributed by atoms with van der Waals surface area (Å²) in [6, 6.07) is 7.64. The van der Waals surface area contributed by atoms with Gasteiger partial charge in [0.2, 0.25) is 0 Å². The van der Waals surface area contributed by atoms with Gasteiger partial charge in [-0.2, -0.15) is 0 Å². The Balaban J connectivity index is 1.85. The molecule has 0 saturated heterocycles. The third-order valence-corrected chi connectivity index (χ3v) is 3.55. The van der Waals surface area contributed by atoms with E-state index in [1.165, 1.54) is 4.90 Å².